The number of hydrogen-bond donors (Lipinski definition) is 1. The van der Waals surface area contributed by atoms with Gasteiger partial charge in [0.2, 0.25) is 0 Å². The third kappa shape index (κ3) is 7.16. The van der Waals surface area contributed by atoms with Gasteiger partial charge in [0, 0.05) is 43.5 Å². The summed E-state index contributed by atoms with van der Waals surface area (Å²) in [7, 11) is 0. The van der Waals surface area contributed by atoms with Crippen LogP contribution in [-0.4, -0.2) is 42.0 Å². The molecule has 0 bridgehead atoms. The lowest BCUT2D eigenvalue weighted by Crippen LogP contribution is -2.31. The van der Waals surface area contributed by atoms with Gasteiger partial charge in [-0.15, -0.1) is 0 Å². The summed E-state index contributed by atoms with van der Waals surface area (Å²) in [6, 6.07) is 30.1. The first-order chi connectivity index (χ1) is 18.2. The van der Waals surface area contributed by atoms with Gasteiger partial charge in [-0.1, -0.05) is 54.6 Å². The summed E-state index contributed by atoms with van der Waals surface area (Å²) in [5.74, 6) is 0.622. The molecule has 0 aliphatic heterocycles. The maximum Gasteiger partial charge on any atom is 0.270 e. The van der Waals surface area contributed by atoms with Gasteiger partial charge in [-0.3, -0.25) is 9.69 Å². The molecule has 0 aliphatic rings. The van der Waals surface area contributed by atoms with Gasteiger partial charge >= 0.3 is 0 Å². The third-order valence-electron chi connectivity index (χ3n) is 6.14. The van der Waals surface area contributed by atoms with Crippen molar-refractivity contribution in [3.63, 3.8) is 0 Å². The normalized spacial score (nSPS) is 10.8. The zero-order valence-electron chi connectivity index (χ0n) is 21.2. The Balaban J connectivity index is 1.43. The van der Waals surface area contributed by atoms with Crippen molar-refractivity contribution in [2.75, 3.05) is 26.2 Å². The number of pyridine rings is 1. The molecule has 0 saturated carbocycles. The zero-order valence-corrected chi connectivity index (χ0v) is 21.2. The topological polar surface area (TPSA) is 78.2 Å². The summed E-state index contributed by atoms with van der Waals surface area (Å²) >= 11 is 0. The molecule has 6 nitrogen and oxygen atoms in total. The van der Waals surface area contributed by atoms with Gasteiger partial charge in [-0.25, -0.2) is 4.98 Å². The van der Waals surface area contributed by atoms with Crippen LogP contribution >= 0.6 is 0 Å². The molecule has 0 fully saturated rings. The number of carbonyl (C=O) groups is 1. The largest absolute Gasteiger partial charge is 0.494 e. The van der Waals surface area contributed by atoms with E-state index in [9.17, 15) is 4.79 Å². The van der Waals surface area contributed by atoms with Gasteiger partial charge in [-0.2, -0.15) is 5.26 Å². The SMILES string of the molecule is CCOc1ccc(-c2cc3ccccc3c(C(=O)NCCCN(CCC#N)Cc3ccccc3)n2)cc1. The van der Waals surface area contributed by atoms with Crippen molar-refractivity contribution in [3.8, 4) is 23.1 Å². The second kappa shape index (κ2) is 13.2. The highest BCUT2D eigenvalue weighted by Gasteiger charge is 2.15. The predicted octanol–water partition coefficient (Wildman–Crippen LogP) is 5.84. The number of nitriles is 1. The molecule has 1 amide bonds. The van der Waals surface area contributed by atoms with Crippen LogP contribution in [-0.2, 0) is 6.54 Å². The minimum absolute atomic E-state index is 0.185. The lowest BCUT2D eigenvalue weighted by molar-refractivity contribution is 0.0948. The molecular formula is C31H32N4O2. The number of carbonyl (C=O) groups excluding carboxylic acids is 1. The average molecular weight is 493 g/mol. The van der Waals surface area contributed by atoms with Crippen molar-refractivity contribution in [1.82, 2.24) is 15.2 Å². The number of aromatic nitrogens is 1. The maximum atomic E-state index is 13.2. The molecule has 0 aliphatic carbocycles. The van der Waals surface area contributed by atoms with E-state index in [1.807, 2.05) is 79.7 Å². The molecule has 4 rings (SSSR count). The van der Waals surface area contributed by atoms with Gasteiger partial charge in [0.05, 0.1) is 18.4 Å². The molecule has 0 radical (unpaired) electrons. The predicted molar refractivity (Wildman–Crippen MR) is 147 cm³/mol. The third-order valence-corrected chi connectivity index (χ3v) is 6.14. The summed E-state index contributed by atoms with van der Waals surface area (Å²) in [5, 5.41) is 13.9. The molecule has 1 N–H and O–H groups in total. The average Bonchev–Trinajstić information content (AvgIpc) is 2.94. The van der Waals surface area contributed by atoms with Crippen molar-refractivity contribution >= 4 is 16.7 Å². The van der Waals surface area contributed by atoms with Gasteiger partial charge in [0.15, 0.2) is 0 Å². The molecule has 37 heavy (non-hydrogen) atoms. The Morgan fingerprint density at radius 3 is 2.51 bits per heavy atom. The molecular weight excluding hydrogens is 460 g/mol. The maximum absolute atomic E-state index is 13.2. The molecule has 0 spiro atoms. The number of fused-ring (bicyclic) bond motifs is 1. The number of benzene rings is 3. The Morgan fingerprint density at radius 2 is 1.76 bits per heavy atom. The van der Waals surface area contributed by atoms with E-state index < -0.39 is 0 Å². The fraction of sp³-hybridized carbons (Fsp3) is 0.258. The fourth-order valence-electron chi connectivity index (χ4n) is 4.32. The summed E-state index contributed by atoms with van der Waals surface area (Å²) in [6.07, 6.45) is 1.26. The van der Waals surface area contributed by atoms with Crippen LogP contribution in [0.15, 0.2) is 84.9 Å². The van der Waals surface area contributed by atoms with Crippen LogP contribution in [0.5, 0.6) is 5.75 Å². The zero-order chi connectivity index (χ0) is 25.9. The van der Waals surface area contributed by atoms with Gasteiger partial charge in [0.25, 0.3) is 5.91 Å². The number of nitrogens with zero attached hydrogens (tertiary/aromatic N) is 3. The van der Waals surface area contributed by atoms with E-state index in [2.05, 4.69) is 28.4 Å². The first-order valence-electron chi connectivity index (χ1n) is 12.7. The standard InChI is InChI=1S/C31H32N4O2/c1-2-37-27-16-14-25(15-17-27)29-22-26-12-6-7-13-28(26)30(34-29)31(36)33-19-9-21-35(20-8-18-32)23-24-10-4-3-5-11-24/h3-7,10-17,22H,2,8-9,19-21,23H2,1H3,(H,33,36). The monoisotopic (exact) mass is 492 g/mol. The van der Waals surface area contributed by atoms with E-state index in [-0.39, 0.29) is 5.91 Å². The molecule has 6 heteroatoms. The van der Waals surface area contributed by atoms with Crippen LogP contribution < -0.4 is 10.1 Å². The molecule has 4 aromatic rings. The number of amides is 1. The van der Waals surface area contributed by atoms with Crippen LogP contribution in [0.25, 0.3) is 22.0 Å². The van der Waals surface area contributed by atoms with E-state index in [0.717, 1.165) is 47.3 Å². The van der Waals surface area contributed by atoms with Crippen molar-refractivity contribution in [2.45, 2.75) is 26.3 Å². The summed E-state index contributed by atoms with van der Waals surface area (Å²) < 4.78 is 5.55. The summed E-state index contributed by atoms with van der Waals surface area (Å²) in [6.45, 7) is 5.37. The molecule has 0 saturated heterocycles. The van der Waals surface area contributed by atoms with Crippen molar-refractivity contribution in [1.29, 1.82) is 5.26 Å². The Bertz CT molecular complexity index is 1350. The Labute approximate surface area is 218 Å². The van der Waals surface area contributed by atoms with E-state index >= 15 is 0 Å². The lowest BCUT2D eigenvalue weighted by atomic mass is 10.0. The van der Waals surface area contributed by atoms with Crippen LogP contribution in [0.3, 0.4) is 0 Å². The van der Waals surface area contributed by atoms with Crippen molar-refractivity contribution in [2.24, 2.45) is 0 Å². The van der Waals surface area contributed by atoms with Crippen LogP contribution in [0.1, 0.15) is 35.8 Å². The van der Waals surface area contributed by atoms with E-state index in [1.54, 1.807) is 0 Å². The highest BCUT2D eigenvalue weighted by molar-refractivity contribution is 6.06. The molecule has 3 aromatic carbocycles. The second-order valence-electron chi connectivity index (χ2n) is 8.81. The first kappa shape index (κ1) is 25.9. The van der Waals surface area contributed by atoms with Crippen LogP contribution in [0.2, 0.25) is 0 Å². The molecule has 0 atom stereocenters. The van der Waals surface area contributed by atoms with Gasteiger partial charge in [0.1, 0.15) is 11.4 Å². The Kier molecular flexibility index (Phi) is 9.23. The van der Waals surface area contributed by atoms with Crippen LogP contribution in [0.4, 0.5) is 0 Å². The van der Waals surface area contributed by atoms with Crippen LogP contribution in [0, 0.1) is 11.3 Å². The Morgan fingerprint density at radius 1 is 1.00 bits per heavy atom. The number of rotatable bonds is 12. The smallest absolute Gasteiger partial charge is 0.270 e. The molecule has 1 aromatic heterocycles. The number of hydrogen-bond acceptors (Lipinski definition) is 5. The van der Waals surface area contributed by atoms with E-state index in [1.165, 1.54) is 5.56 Å². The minimum Gasteiger partial charge on any atom is -0.494 e. The lowest BCUT2D eigenvalue weighted by Gasteiger charge is -2.21. The van der Waals surface area contributed by atoms with Crippen molar-refractivity contribution in [3.05, 3.63) is 96.2 Å². The van der Waals surface area contributed by atoms with Gasteiger partial charge < -0.3 is 10.1 Å². The molecule has 188 valence electrons. The highest BCUT2D eigenvalue weighted by Crippen LogP contribution is 2.26. The summed E-state index contributed by atoms with van der Waals surface area (Å²) in [5.41, 5.74) is 3.31. The van der Waals surface area contributed by atoms with Gasteiger partial charge in [-0.05, 0) is 54.6 Å². The quantitative estimate of drug-likeness (QED) is 0.252. The van der Waals surface area contributed by atoms with E-state index in [4.69, 9.17) is 15.0 Å². The summed E-state index contributed by atoms with van der Waals surface area (Å²) in [4.78, 5) is 20.3. The second-order valence-corrected chi connectivity index (χ2v) is 8.81. The fourth-order valence-corrected chi connectivity index (χ4v) is 4.32. The number of nitrogens with one attached hydrogen (secondary N) is 1. The molecule has 0 unspecified atom stereocenters. The first-order valence-corrected chi connectivity index (χ1v) is 12.7. The highest BCUT2D eigenvalue weighted by atomic mass is 16.5. The minimum atomic E-state index is -0.185. The molecule has 1 heterocycles. The van der Waals surface area contributed by atoms with E-state index in [0.29, 0.717) is 31.8 Å². The number of ether oxygens (including phenoxy) is 1. The van der Waals surface area contributed by atoms with Crippen molar-refractivity contribution < 1.29 is 9.53 Å². The Hall–Kier alpha value is -4.21.